The SMILES string of the molecule is CCNCC(COCC1CC1)c1ccccc1C. The van der Waals surface area contributed by atoms with Crippen molar-refractivity contribution in [2.45, 2.75) is 32.6 Å². The van der Waals surface area contributed by atoms with Crippen molar-refractivity contribution < 1.29 is 4.74 Å². The maximum absolute atomic E-state index is 5.89. The molecule has 1 saturated carbocycles. The molecule has 1 atom stereocenters. The minimum atomic E-state index is 0.477. The van der Waals surface area contributed by atoms with E-state index in [-0.39, 0.29) is 0 Å². The Bertz CT molecular complexity index is 360. The summed E-state index contributed by atoms with van der Waals surface area (Å²) in [6.07, 6.45) is 2.73. The van der Waals surface area contributed by atoms with Crippen molar-refractivity contribution in [3.8, 4) is 0 Å². The minimum Gasteiger partial charge on any atom is -0.380 e. The van der Waals surface area contributed by atoms with E-state index in [1.807, 2.05) is 0 Å². The standard InChI is InChI=1S/C16H25NO/c1-3-17-10-15(12-18-11-14-8-9-14)16-7-5-4-6-13(16)2/h4-7,14-15,17H,3,8-12H2,1-2H3. The summed E-state index contributed by atoms with van der Waals surface area (Å²) in [5.74, 6) is 1.33. The van der Waals surface area contributed by atoms with Crippen molar-refractivity contribution in [1.29, 1.82) is 0 Å². The van der Waals surface area contributed by atoms with Crippen LogP contribution in [0.25, 0.3) is 0 Å². The van der Waals surface area contributed by atoms with Crippen LogP contribution >= 0.6 is 0 Å². The highest BCUT2D eigenvalue weighted by Gasteiger charge is 2.22. The third kappa shape index (κ3) is 4.11. The average molecular weight is 247 g/mol. The Morgan fingerprint density at radius 2 is 2.11 bits per heavy atom. The number of nitrogens with one attached hydrogen (secondary N) is 1. The van der Waals surface area contributed by atoms with Crippen molar-refractivity contribution in [2.75, 3.05) is 26.3 Å². The van der Waals surface area contributed by atoms with E-state index in [1.165, 1.54) is 24.0 Å². The lowest BCUT2D eigenvalue weighted by Gasteiger charge is -2.20. The van der Waals surface area contributed by atoms with Gasteiger partial charge in [0.1, 0.15) is 0 Å². The van der Waals surface area contributed by atoms with E-state index in [0.717, 1.165) is 32.2 Å². The molecule has 1 aromatic rings. The summed E-state index contributed by atoms with van der Waals surface area (Å²) in [5.41, 5.74) is 2.80. The summed E-state index contributed by atoms with van der Waals surface area (Å²) < 4.78 is 5.89. The Labute approximate surface area is 111 Å². The van der Waals surface area contributed by atoms with Crippen molar-refractivity contribution in [1.82, 2.24) is 5.32 Å². The molecule has 0 spiro atoms. The smallest absolute Gasteiger partial charge is 0.0547 e. The third-order valence-electron chi connectivity index (χ3n) is 3.64. The lowest BCUT2D eigenvalue weighted by molar-refractivity contribution is 0.110. The second-order valence-corrected chi connectivity index (χ2v) is 5.34. The van der Waals surface area contributed by atoms with Crippen molar-refractivity contribution >= 4 is 0 Å². The van der Waals surface area contributed by atoms with Gasteiger partial charge < -0.3 is 10.1 Å². The van der Waals surface area contributed by atoms with Crippen LogP contribution in [0.2, 0.25) is 0 Å². The predicted octanol–water partition coefficient (Wildman–Crippen LogP) is 3.11. The Morgan fingerprint density at radius 3 is 2.78 bits per heavy atom. The predicted molar refractivity (Wildman–Crippen MR) is 76.0 cm³/mol. The highest BCUT2D eigenvalue weighted by atomic mass is 16.5. The monoisotopic (exact) mass is 247 g/mol. The van der Waals surface area contributed by atoms with E-state index < -0.39 is 0 Å². The Morgan fingerprint density at radius 1 is 1.33 bits per heavy atom. The zero-order valence-electron chi connectivity index (χ0n) is 11.6. The molecule has 1 aliphatic rings. The molecule has 0 bridgehead atoms. The second-order valence-electron chi connectivity index (χ2n) is 5.34. The molecule has 0 aromatic heterocycles. The van der Waals surface area contributed by atoms with E-state index in [0.29, 0.717) is 5.92 Å². The molecule has 0 heterocycles. The summed E-state index contributed by atoms with van der Waals surface area (Å²) in [4.78, 5) is 0. The molecule has 2 rings (SSSR count). The fourth-order valence-corrected chi connectivity index (χ4v) is 2.28. The molecule has 2 nitrogen and oxygen atoms in total. The molecular formula is C16H25NO. The van der Waals surface area contributed by atoms with E-state index >= 15 is 0 Å². The molecule has 0 saturated heterocycles. The van der Waals surface area contributed by atoms with Crippen LogP contribution in [0, 0.1) is 12.8 Å². The van der Waals surface area contributed by atoms with Gasteiger partial charge in [-0.15, -0.1) is 0 Å². The van der Waals surface area contributed by atoms with Gasteiger partial charge in [-0.1, -0.05) is 31.2 Å². The van der Waals surface area contributed by atoms with Gasteiger partial charge in [0.05, 0.1) is 6.61 Å². The van der Waals surface area contributed by atoms with Crippen molar-refractivity contribution in [2.24, 2.45) is 5.92 Å². The highest BCUT2D eigenvalue weighted by molar-refractivity contribution is 5.29. The molecule has 1 fully saturated rings. The van der Waals surface area contributed by atoms with Crippen molar-refractivity contribution in [3.63, 3.8) is 0 Å². The van der Waals surface area contributed by atoms with Gasteiger partial charge in [-0.25, -0.2) is 0 Å². The molecule has 0 amide bonds. The van der Waals surface area contributed by atoms with E-state index in [1.54, 1.807) is 0 Å². The van der Waals surface area contributed by atoms with Crippen molar-refractivity contribution in [3.05, 3.63) is 35.4 Å². The van der Waals surface area contributed by atoms with Gasteiger partial charge in [0.2, 0.25) is 0 Å². The van der Waals surface area contributed by atoms with Gasteiger partial charge in [-0.05, 0) is 43.4 Å². The summed E-state index contributed by atoms with van der Waals surface area (Å²) in [6.45, 7) is 8.16. The molecule has 1 unspecified atom stereocenters. The molecule has 100 valence electrons. The number of hydrogen-bond acceptors (Lipinski definition) is 2. The van der Waals surface area contributed by atoms with E-state index in [2.05, 4.69) is 43.4 Å². The summed E-state index contributed by atoms with van der Waals surface area (Å²) >= 11 is 0. The molecule has 18 heavy (non-hydrogen) atoms. The maximum Gasteiger partial charge on any atom is 0.0547 e. The minimum absolute atomic E-state index is 0.477. The zero-order valence-corrected chi connectivity index (χ0v) is 11.6. The molecule has 2 heteroatoms. The van der Waals surface area contributed by atoms with Crippen LogP contribution in [0.1, 0.15) is 36.8 Å². The Kier molecular flexibility index (Phi) is 5.21. The number of ether oxygens (including phenoxy) is 1. The summed E-state index contributed by atoms with van der Waals surface area (Å²) in [6, 6.07) is 8.66. The maximum atomic E-state index is 5.89. The second kappa shape index (κ2) is 6.91. The molecule has 0 aliphatic heterocycles. The highest BCUT2D eigenvalue weighted by Crippen LogP contribution is 2.29. The lowest BCUT2D eigenvalue weighted by Crippen LogP contribution is -2.25. The van der Waals surface area contributed by atoms with Gasteiger partial charge >= 0.3 is 0 Å². The summed E-state index contributed by atoms with van der Waals surface area (Å²) in [7, 11) is 0. The van der Waals surface area contributed by atoms with Crippen LogP contribution in [-0.2, 0) is 4.74 Å². The number of rotatable bonds is 8. The average Bonchev–Trinajstić information content (AvgIpc) is 3.19. The molecule has 1 aromatic carbocycles. The van der Waals surface area contributed by atoms with Crippen LogP contribution in [0.15, 0.2) is 24.3 Å². The van der Waals surface area contributed by atoms with Gasteiger partial charge in [0, 0.05) is 19.1 Å². The van der Waals surface area contributed by atoms with E-state index in [4.69, 9.17) is 4.74 Å². The number of likely N-dealkylation sites (N-methyl/N-ethyl adjacent to an activating group) is 1. The molecular weight excluding hydrogens is 222 g/mol. The van der Waals surface area contributed by atoms with Crippen LogP contribution in [0.3, 0.4) is 0 Å². The first-order valence-corrected chi connectivity index (χ1v) is 7.15. The van der Waals surface area contributed by atoms with Crippen LogP contribution in [0.4, 0.5) is 0 Å². The first-order valence-electron chi connectivity index (χ1n) is 7.15. The molecule has 0 radical (unpaired) electrons. The molecule has 1 N–H and O–H groups in total. The van der Waals surface area contributed by atoms with Crippen LogP contribution in [-0.4, -0.2) is 26.3 Å². The normalized spacial score (nSPS) is 16.8. The summed E-state index contributed by atoms with van der Waals surface area (Å²) in [5, 5.41) is 3.45. The van der Waals surface area contributed by atoms with Gasteiger partial charge in [0.25, 0.3) is 0 Å². The quantitative estimate of drug-likeness (QED) is 0.762. The topological polar surface area (TPSA) is 21.3 Å². The van der Waals surface area contributed by atoms with E-state index in [9.17, 15) is 0 Å². The number of aryl methyl sites for hydroxylation is 1. The third-order valence-corrected chi connectivity index (χ3v) is 3.64. The zero-order chi connectivity index (χ0) is 12.8. The first-order chi connectivity index (χ1) is 8.81. The van der Waals surface area contributed by atoms with Gasteiger partial charge in [-0.2, -0.15) is 0 Å². The fraction of sp³-hybridized carbons (Fsp3) is 0.625. The number of hydrogen-bond donors (Lipinski definition) is 1. The Hall–Kier alpha value is -0.860. The fourth-order valence-electron chi connectivity index (χ4n) is 2.28. The lowest BCUT2D eigenvalue weighted by atomic mass is 9.95. The number of benzene rings is 1. The largest absolute Gasteiger partial charge is 0.380 e. The first kappa shape index (κ1) is 13.6. The van der Waals surface area contributed by atoms with Gasteiger partial charge in [0.15, 0.2) is 0 Å². The van der Waals surface area contributed by atoms with Gasteiger partial charge in [-0.3, -0.25) is 0 Å². The molecule has 1 aliphatic carbocycles. The Balaban J connectivity index is 1.91. The van der Waals surface area contributed by atoms with Crippen LogP contribution in [0.5, 0.6) is 0 Å². The van der Waals surface area contributed by atoms with Crippen LogP contribution < -0.4 is 5.32 Å².